The van der Waals surface area contributed by atoms with Gasteiger partial charge in [0, 0.05) is 30.7 Å². The van der Waals surface area contributed by atoms with E-state index in [1.54, 1.807) is 0 Å². The molecule has 2 aromatic rings. The van der Waals surface area contributed by atoms with Crippen molar-refractivity contribution in [1.29, 1.82) is 0 Å². The smallest absolute Gasteiger partial charge is 0.386 e. The summed E-state index contributed by atoms with van der Waals surface area (Å²) in [5, 5.41) is 26.4. The minimum Gasteiger partial charge on any atom is -0.386 e. The van der Waals surface area contributed by atoms with Crippen LogP contribution in [0, 0.1) is 5.41 Å². The molecular formula is C39H66N7O17P3S. The van der Waals surface area contributed by atoms with E-state index in [1.807, 2.05) is 6.08 Å². The molecule has 24 nitrogen and oxygen atoms in total. The van der Waals surface area contributed by atoms with Gasteiger partial charge in [0.2, 0.25) is 16.9 Å². The fraction of sp³-hybridized carbons (Fsp3) is 0.692. The van der Waals surface area contributed by atoms with E-state index >= 15 is 0 Å². The van der Waals surface area contributed by atoms with Gasteiger partial charge in [-0.3, -0.25) is 32.5 Å². The summed E-state index contributed by atoms with van der Waals surface area (Å²) in [6, 6.07) is 0. The highest BCUT2D eigenvalue weighted by molar-refractivity contribution is 8.14. The maximum absolute atomic E-state index is 12.7. The highest BCUT2D eigenvalue weighted by Crippen LogP contribution is 2.61. The lowest BCUT2D eigenvalue weighted by Crippen LogP contribution is -2.46. The van der Waals surface area contributed by atoms with E-state index in [0.717, 1.165) is 67.5 Å². The Balaban J connectivity index is 1.32. The van der Waals surface area contributed by atoms with Gasteiger partial charge in [-0.2, -0.15) is 4.31 Å². The second-order valence-corrected chi connectivity index (χ2v) is 21.6. The first-order valence-electron chi connectivity index (χ1n) is 21.9. The Hall–Kier alpha value is -2.96. The highest BCUT2D eigenvalue weighted by atomic mass is 32.2. The molecule has 2 amide bonds. The van der Waals surface area contributed by atoms with Crippen LogP contribution in [-0.4, -0.2) is 123 Å². The van der Waals surface area contributed by atoms with E-state index in [9.17, 15) is 57.9 Å². The number of aliphatic hydroxyl groups excluding tert-OH is 2. The van der Waals surface area contributed by atoms with Crippen LogP contribution in [0.1, 0.15) is 110 Å². The Morgan fingerprint density at radius 2 is 1.54 bits per heavy atom. The lowest BCUT2D eigenvalue weighted by atomic mass is 9.87. The fourth-order valence-electron chi connectivity index (χ4n) is 6.49. The number of thioether (sulfide) groups is 1. The van der Waals surface area contributed by atoms with Gasteiger partial charge in [0.05, 0.1) is 19.5 Å². The molecule has 1 saturated heterocycles. The number of fused-ring (bicyclic) bond motifs is 1. The number of phosphoric ester groups is 3. The maximum Gasteiger partial charge on any atom is 0.481 e. The number of anilines is 1. The zero-order valence-corrected chi connectivity index (χ0v) is 41.4. The largest absolute Gasteiger partial charge is 0.481 e. The molecular weight excluding hydrogens is 963 g/mol. The minimum absolute atomic E-state index is 0.0315. The Morgan fingerprint density at radius 1 is 0.910 bits per heavy atom. The SMILES string of the molecule is CCCCCCCC/C=C\CCCCC/C=C/C(=O)SCCNC(=O)CCNC(=O)[C@H](O)C(C)(C)COP(=O)(O)OP(=O)(O)OC[C@H]1O[C@@H](n2cnc3c(N)ncnc32)[C@H](O)[C@@H]1OP(=O)(O)O. The van der Waals surface area contributed by atoms with Crippen molar-refractivity contribution < 1.29 is 80.5 Å². The number of nitrogens with one attached hydrogen (secondary N) is 2. The predicted octanol–water partition coefficient (Wildman–Crippen LogP) is 4.48. The second kappa shape index (κ2) is 28.6. The van der Waals surface area contributed by atoms with Crippen molar-refractivity contribution in [3.63, 3.8) is 0 Å². The van der Waals surface area contributed by atoms with Crippen molar-refractivity contribution in [2.24, 2.45) is 5.41 Å². The number of imidazole rings is 1. The van der Waals surface area contributed by atoms with Crippen LogP contribution in [0.25, 0.3) is 11.2 Å². The van der Waals surface area contributed by atoms with Crippen molar-refractivity contribution in [2.75, 3.05) is 37.8 Å². The van der Waals surface area contributed by atoms with E-state index in [1.165, 1.54) is 58.4 Å². The van der Waals surface area contributed by atoms with E-state index in [0.29, 0.717) is 5.75 Å². The van der Waals surface area contributed by atoms with E-state index in [-0.39, 0.29) is 41.6 Å². The minimum atomic E-state index is -5.58. The quantitative estimate of drug-likeness (QED) is 0.0206. The van der Waals surface area contributed by atoms with Gasteiger partial charge < -0.3 is 50.9 Å². The van der Waals surface area contributed by atoms with Gasteiger partial charge in [0.25, 0.3) is 0 Å². The number of hydrogen-bond donors (Lipinski definition) is 9. The summed E-state index contributed by atoms with van der Waals surface area (Å²) in [6.07, 6.45) is 15.1. The van der Waals surface area contributed by atoms with E-state index in [2.05, 4.69) is 53.5 Å². The van der Waals surface area contributed by atoms with Crippen molar-refractivity contribution in [2.45, 2.75) is 135 Å². The molecule has 67 heavy (non-hydrogen) atoms. The van der Waals surface area contributed by atoms with Crippen LogP contribution in [0.3, 0.4) is 0 Å². The first-order chi connectivity index (χ1) is 31.6. The van der Waals surface area contributed by atoms with Gasteiger partial charge in [0.15, 0.2) is 17.7 Å². The lowest BCUT2D eigenvalue weighted by molar-refractivity contribution is -0.137. The number of hydrogen-bond acceptors (Lipinski definition) is 18. The van der Waals surface area contributed by atoms with E-state index < -0.39 is 84.6 Å². The monoisotopic (exact) mass is 1030 g/mol. The van der Waals surface area contributed by atoms with E-state index in [4.69, 9.17) is 19.5 Å². The third-order valence-corrected chi connectivity index (χ3v) is 14.1. The van der Waals surface area contributed by atoms with Gasteiger partial charge >= 0.3 is 23.5 Å². The number of allylic oxidation sites excluding steroid dienone is 3. The molecule has 3 rings (SSSR count). The van der Waals surface area contributed by atoms with Crippen LogP contribution in [-0.2, 0) is 50.7 Å². The van der Waals surface area contributed by atoms with Crippen molar-refractivity contribution in [3.8, 4) is 0 Å². The molecule has 0 saturated carbocycles. The molecule has 1 aliphatic rings. The fourth-order valence-corrected chi connectivity index (χ4v) is 9.92. The van der Waals surface area contributed by atoms with Gasteiger partial charge in [-0.15, -0.1) is 0 Å². The number of aromatic nitrogens is 4. The molecule has 0 aromatic carbocycles. The summed E-state index contributed by atoms with van der Waals surface area (Å²) < 4.78 is 62.4. The number of aliphatic hydroxyl groups is 2. The van der Waals surface area contributed by atoms with Crippen LogP contribution >= 0.6 is 35.2 Å². The third-order valence-electron chi connectivity index (χ3n) is 10.1. The number of carbonyl (C=O) groups excluding carboxylic acids is 3. The van der Waals surface area contributed by atoms with Crippen LogP contribution in [0.5, 0.6) is 0 Å². The Kier molecular flexibility index (Phi) is 24.9. The number of nitrogens with zero attached hydrogens (tertiary/aromatic N) is 4. The first kappa shape index (κ1) is 58.4. The van der Waals surface area contributed by atoms with Gasteiger partial charge in [-0.05, 0) is 44.6 Å². The van der Waals surface area contributed by atoms with Crippen LogP contribution in [0.15, 0.2) is 37.0 Å². The summed E-state index contributed by atoms with van der Waals surface area (Å²) in [7, 11) is -16.4. The van der Waals surface area contributed by atoms with Crippen molar-refractivity contribution >= 4 is 69.1 Å². The molecule has 0 spiro atoms. The topological polar surface area (TPSA) is 364 Å². The second-order valence-electron chi connectivity index (χ2n) is 16.3. The summed E-state index contributed by atoms with van der Waals surface area (Å²) in [4.78, 5) is 88.2. The molecule has 28 heteroatoms. The molecule has 0 aliphatic carbocycles. The zero-order valence-electron chi connectivity index (χ0n) is 37.9. The highest BCUT2D eigenvalue weighted by Gasteiger charge is 2.50. The van der Waals surface area contributed by atoms with Crippen LogP contribution < -0.4 is 16.4 Å². The van der Waals surface area contributed by atoms with Gasteiger partial charge in [-0.25, -0.2) is 28.6 Å². The zero-order chi connectivity index (χ0) is 49.7. The molecule has 2 unspecified atom stereocenters. The van der Waals surface area contributed by atoms with Crippen LogP contribution in [0.2, 0.25) is 0 Å². The third kappa shape index (κ3) is 21.7. The first-order valence-corrected chi connectivity index (χ1v) is 27.4. The molecule has 1 aliphatic heterocycles. The number of amides is 2. The molecule has 2 aromatic heterocycles. The molecule has 10 N–H and O–H groups in total. The lowest BCUT2D eigenvalue weighted by Gasteiger charge is -2.30. The Morgan fingerprint density at radius 3 is 2.21 bits per heavy atom. The molecule has 1 fully saturated rings. The van der Waals surface area contributed by atoms with Gasteiger partial charge in [0.1, 0.15) is 36.3 Å². The number of unbranched alkanes of at least 4 members (excludes halogenated alkanes) is 10. The standard InChI is InChI=1S/C39H66N7O17P3S/c1-4-5-6-7-8-9-10-11-12-13-14-15-16-17-18-19-30(48)67-23-22-41-29(47)20-21-42-37(51)34(50)39(2,3)25-60-66(57,58)63-65(55,56)59-24-28-33(62-64(52,53)54)32(49)38(61-28)46-27-45-31-35(40)43-26-44-36(31)46/h11-12,18-19,26-28,32-34,38,49-50H,4-10,13-17,20-25H2,1-3H3,(H,41,47)(H,42,51)(H,55,56)(H,57,58)(H2,40,43,44)(H2,52,53,54)/b12-11-,19-18+/t28-,32-,33-,34+,38-/m1/s1. The molecule has 3 heterocycles. The Labute approximate surface area is 393 Å². The number of phosphoric acid groups is 3. The van der Waals surface area contributed by atoms with Crippen LogP contribution in [0.4, 0.5) is 5.82 Å². The average Bonchev–Trinajstić information content (AvgIpc) is 3.81. The number of rotatable bonds is 33. The maximum atomic E-state index is 12.7. The molecule has 7 atom stereocenters. The number of nitrogen functional groups attached to an aromatic ring is 1. The number of carbonyl (C=O) groups is 3. The number of ether oxygens (including phenoxy) is 1. The van der Waals surface area contributed by atoms with Crippen molar-refractivity contribution in [3.05, 3.63) is 37.0 Å². The average molecular weight is 1030 g/mol. The predicted molar refractivity (Wildman–Crippen MR) is 246 cm³/mol. The number of nitrogens with two attached hydrogens (primary N) is 1. The van der Waals surface area contributed by atoms with Gasteiger partial charge in [-0.1, -0.05) is 89.3 Å². The normalized spacial score (nSPS) is 20.3. The summed E-state index contributed by atoms with van der Waals surface area (Å²) in [5.74, 6) is -1.11. The summed E-state index contributed by atoms with van der Waals surface area (Å²) in [5.41, 5.74) is 4.28. The summed E-state index contributed by atoms with van der Waals surface area (Å²) >= 11 is 1.06. The Bertz CT molecular complexity index is 2090. The van der Waals surface area contributed by atoms with Crippen molar-refractivity contribution in [1.82, 2.24) is 30.2 Å². The molecule has 0 radical (unpaired) electrons. The summed E-state index contributed by atoms with van der Waals surface area (Å²) in [6.45, 7) is 2.73. The molecule has 380 valence electrons. The molecule has 0 bridgehead atoms.